The first-order valence-electron chi connectivity index (χ1n) is 6.70. The molecule has 0 spiro atoms. The predicted molar refractivity (Wildman–Crippen MR) is 84.6 cm³/mol. The van der Waals surface area contributed by atoms with Gasteiger partial charge in [-0.15, -0.1) is 11.3 Å². The van der Waals surface area contributed by atoms with Gasteiger partial charge in [-0.3, -0.25) is 4.79 Å². The summed E-state index contributed by atoms with van der Waals surface area (Å²) < 4.78 is 24.6. The van der Waals surface area contributed by atoms with E-state index in [0.29, 0.717) is 16.4 Å². The van der Waals surface area contributed by atoms with Crippen LogP contribution in [0.5, 0.6) is 0 Å². The molecule has 5 nitrogen and oxygen atoms in total. The largest absolute Gasteiger partial charge is 0.396 e. The summed E-state index contributed by atoms with van der Waals surface area (Å²) in [6.45, 7) is 8.39. The van der Waals surface area contributed by atoms with E-state index in [0.717, 1.165) is 13.0 Å². The first-order chi connectivity index (χ1) is 9.30. The molecule has 0 aliphatic heterocycles. The first kappa shape index (κ1) is 17.0. The molecule has 1 heterocycles. The van der Waals surface area contributed by atoms with Crippen LogP contribution < -0.4 is 10.6 Å². The van der Waals surface area contributed by atoms with Crippen LogP contribution in [0.3, 0.4) is 0 Å². The van der Waals surface area contributed by atoms with Crippen LogP contribution in [0.2, 0.25) is 0 Å². The number of nitrogens with zero attached hydrogens (tertiary/aromatic N) is 1. The fraction of sp³-hybridized carbons (Fsp3) is 0.615. The number of nitrogen functional groups attached to an aromatic ring is 1. The number of carbonyl (C=O) groups is 1. The molecule has 0 amide bonds. The minimum atomic E-state index is -3.45. The third kappa shape index (κ3) is 3.15. The van der Waals surface area contributed by atoms with Crippen molar-refractivity contribution in [2.45, 2.75) is 39.0 Å². The predicted octanol–water partition coefficient (Wildman–Crippen LogP) is 2.56. The lowest BCUT2D eigenvalue weighted by atomic mass is 10.3. The molecular weight excluding hydrogens is 296 g/mol. The maximum atomic E-state index is 12.3. The molecule has 1 rings (SSSR count). The number of anilines is 2. The Balaban J connectivity index is 3.57. The second-order valence-corrected chi connectivity index (χ2v) is 7.73. The van der Waals surface area contributed by atoms with Gasteiger partial charge in [0.25, 0.3) is 0 Å². The minimum Gasteiger partial charge on any atom is -0.396 e. The van der Waals surface area contributed by atoms with E-state index in [-0.39, 0.29) is 22.1 Å². The third-order valence-corrected chi connectivity index (χ3v) is 6.35. The summed E-state index contributed by atoms with van der Waals surface area (Å²) in [6, 6.07) is 0. The SMILES string of the molecule is CCCN(CC)c1sc(C(C)=O)c(N)c1S(=O)(=O)CC. The molecule has 0 radical (unpaired) electrons. The minimum absolute atomic E-state index is 0.0258. The van der Waals surface area contributed by atoms with Gasteiger partial charge in [-0.25, -0.2) is 8.42 Å². The Kier molecular flexibility index (Phi) is 5.59. The highest BCUT2D eigenvalue weighted by atomic mass is 32.2. The van der Waals surface area contributed by atoms with Crippen molar-refractivity contribution in [3.05, 3.63) is 4.88 Å². The van der Waals surface area contributed by atoms with Gasteiger partial charge in [0.15, 0.2) is 15.6 Å². The van der Waals surface area contributed by atoms with Crippen molar-refractivity contribution in [3.8, 4) is 0 Å². The maximum absolute atomic E-state index is 12.3. The number of hydrogen-bond acceptors (Lipinski definition) is 6. The zero-order valence-corrected chi connectivity index (χ0v) is 14.0. The van der Waals surface area contributed by atoms with Crippen LogP contribution in [0.4, 0.5) is 10.7 Å². The van der Waals surface area contributed by atoms with Gasteiger partial charge >= 0.3 is 0 Å². The van der Waals surface area contributed by atoms with E-state index < -0.39 is 9.84 Å². The topological polar surface area (TPSA) is 80.5 Å². The Hall–Kier alpha value is -1.08. The zero-order valence-electron chi connectivity index (χ0n) is 12.4. The van der Waals surface area contributed by atoms with Gasteiger partial charge in [0.2, 0.25) is 0 Å². The van der Waals surface area contributed by atoms with Gasteiger partial charge in [-0.05, 0) is 13.3 Å². The molecule has 20 heavy (non-hydrogen) atoms. The second kappa shape index (κ2) is 6.58. The normalized spacial score (nSPS) is 11.6. The average Bonchev–Trinajstić information content (AvgIpc) is 2.74. The quantitative estimate of drug-likeness (QED) is 0.781. The Bertz CT molecular complexity index is 591. The van der Waals surface area contributed by atoms with Crippen LogP contribution in [0, 0.1) is 0 Å². The van der Waals surface area contributed by atoms with Gasteiger partial charge in [-0.2, -0.15) is 0 Å². The van der Waals surface area contributed by atoms with E-state index >= 15 is 0 Å². The summed E-state index contributed by atoms with van der Waals surface area (Å²) in [6.07, 6.45) is 0.895. The Morgan fingerprint density at radius 2 is 1.90 bits per heavy atom. The molecule has 0 aromatic carbocycles. The van der Waals surface area contributed by atoms with Crippen LogP contribution in [0.1, 0.15) is 43.8 Å². The number of thiophene rings is 1. The number of sulfone groups is 1. The van der Waals surface area contributed by atoms with Crippen molar-refractivity contribution in [2.75, 3.05) is 29.5 Å². The number of hydrogen-bond donors (Lipinski definition) is 1. The summed E-state index contributed by atoms with van der Waals surface area (Å²) in [5.41, 5.74) is 6.04. The summed E-state index contributed by atoms with van der Waals surface area (Å²) >= 11 is 1.18. The highest BCUT2D eigenvalue weighted by Crippen LogP contribution is 2.42. The molecule has 0 unspecified atom stereocenters. The van der Waals surface area contributed by atoms with Crippen LogP contribution in [-0.2, 0) is 9.84 Å². The van der Waals surface area contributed by atoms with Crippen LogP contribution in [0.25, 0.3) is 0 Å². The summed E-state index contributed by atoms with van der Waals surface area (Å²) in [5.74, 6) is -0.221. The number of ketones is 1. The molecule has 0 aliphatic carbocycles. The molecule has 114 valence electrons. The van der Waals surface area contributed by atoms with Crippen molar-refractivity contribution < 1.29 is 13.2 Å². The lowest BCUT2D eigenvalue weighted by molar-refractivity contribution is 0.102. The molecule has 0 saturated heterocycles. The fourth-order valence-corrected chi connectivity index (χ4v) is 4.80. The zero-order chi connectivity index (χ0) is 15.5. The van der Waals surface area contributed by atoms with Crippen molar-refractivity contribution in [1.29, 1.82) is 0 Å². The van der Waals surface area contributed by atoms with E-state index in [1.165, 1.54) is 18.3 Å². The lowest BCUT2D eigenvalue weighted by Gasteiger charge is -2.22. The smallest absolute Gasteiger partial charge is 0.183 e. The second-order valence-electron chi connectivity index (χ2n) is 4.52. The molecule has 2 N–H and O–H groups in total. The number of carbonyl (C=O) groups excluding carboxylic acids is 1. The van der Waals surface area contributed by atoms with E-state index in [1.807, 2.05) is 18.7 Å². The van der Waals surface area contributed by atoms with Gasteiger partial charge in [0.05, 0.1) is 16.3 Å². The molecule has 0 atom stereocenters. The van der Waals surface area contributed by atoms with E-state index in [1.54, 1.807) is 6.92 Å². The first-order valence-corrected chi connectivity index (χ1v) is 9.17. The molecule has 1 aromatic heterocycles. The Labute approximate surface area is 124 Å². The molecule has 7 heteroatoms. The lowest BCUT2D eigenvalue weighted by Crippen LogP contribution is -2.24. The van der Waals surface area contributed by atoms with Crippen LogP contribution >= 0.6 is 11.3 Å². The van der Waals surface area contributed by atoms with E-state index in [9.17, 15) is 13.2 Å². The maximum Gasteiger partial charge on any atom is 0.183 e. The molecule has 1 aromatic rings. The van der Waals surface area contributed by atoms with Gasteiger partial charge in [0, 0.05) is 20.0 Å². The van der Waals surface area contributed by atoms with Crippen molar-refractivity contribution in [3.63, 3.8) is 0 Å². The Morgan fingerprint density at radius 1 is 1.30 bits per heavy atom. The molecule has 0 aliphatic rings. The van der Waals surface area contributed by atoms with Gasteiger partial charge in [-0.1, -0.05) is 13.8 Å². The van der Waals surface area contributed by atoms with E-state index in [4.69, 9.17) is 5.73 Å². The molecule has 0 saturated carbocycles. The fourth-order valence-electron chi connectivity index (χ4n) is 2.00. The number of nitrogens with two attached hydrogens (primary N) is 1. The highest BCUT2D eigenvalue weighted by molar-refractivity contribution is 7.92. The van der Waals surface area contributed by atoms with Crippen molar-refractivity contribution in [2.24, 2.45) is 0 Å². The summed E-state index contributed by atoms with van der Waals surface area (Å²) in [7, 11) is -3.45. The number of rotatable bonds is 7. The van der Waals surface area contributed by atoms with Crippen molar-refractivity contribution in [1.82, 2.24) is 0 Å². The Morgan fingerprint density at radius 3 is 2.30 bits per heavy atom. The highest BCUT2D eigenvalue weighted by Gasteiger charge is 2.29. The van der Waals surface area contributed by atoms with Gasteiger partial charge < -0.3 is 10.6 Å². The molecular formula is C13H22N2O3S2. The summed E-state index contributed by atoms with van der Waals surface area (Å²) in [4.78, 5) is 14.1. The summed E-state index contributed by atoms with van der Waals surface area (Å²) in [5, 5.41) is 0.596. The van der Waals surface area contributed by atoms with Crippen LogP contribution in [0.15, 0.2) is 4.90 Å². The molecule has 0 bridgehead atoms. The molecule has 0 fully saturated rings. The van der Waals surface area contributed by atoms with E-state index in [2.05, 4.69) is 0 Å². The number of Topliss-reactive ketones (excluding diaryl/α,β-unsaturated/α-hetero) is 1. The standard InChI is InChI=1S/C13H22N2O3S2/c1-5-8-15(6-2)13-12(20(17,18)7-3)10(14)11(19-13)9(4)16/h5-8,14H2,1-4H3. The monoisotopic (exact) mass is 318 g/mol. The van der Waals surface area contributed by atoms with Gasteiger partial charge in [0.1, 0.15) is 9.90 Å². The average molecular weight is 318 g/mol. The third-order valence-electron chi connectivity index (χ3n) is 3.06. The van der Waals surface area contributed by atoms with Crippen molar-refractivity contribution >= 4 is 37.6 Å². The van der Waals surface area contributed by atoms with Crippen LogP contribution in [-0.4, -0.2) is 33.0 Å².